The van der Waals surface area contributed by atoms with Crippen LogP contribution in [0.4, 0.5) is 13.2 Å². The van der Waals surface area contributed by atoms with Crippen molar-refractivity contribution in [3.8, 4) is 5.75 Å². The molecule has 5 nitrogen and oxygen atoms in total. The van der Waals surface area contributed by atoms with Crippen molar-refractivity contribution in [3.63, 3.8) is 0 Å². The molecule has 0 aliphatic heterocycles. The Balaban J connectivity index is 2.31. The predicted octanol–water partition coefficient (Wildman–Crippen LogP) is 1.58. The standard InChI is InChI=1S/C12H16F3N3O2/c13-12(14,15)10(11(16)18-19)8-17-6-7-20-9-4-2-1-3-5-9/h1-5,10,17,19H,6-8H2,(H2,16,18). The van der Waals surface area contributed by atoms with Gasteiger partial charge in [-0.3, -0.25) is 0 Å². The molecule has 1 atom stereocenters. The molecular formula is C12H16F3N3O2. The van der Waals surface area contributed by atoms with E-state index in [1.54, 1.807) is 24.3 Å². The number of halogens is 3. The number of hydrogen-bond acceptors (Lipinski definition) is 4. The Bertz CT molecular complexity index is 424. The van der Waals surface area contributed by atoms with Crippen LogP contribution in [0.5, 0.6) is 5.75 Å². The van der Waals surface area contributed by atoms with Gasteiger partial charge in [0.25, 0.3) is 0 Å². The van der Waals surface area contributed by atoms with Gasteiger partial charge in [-0.1, -0.05) is 23.4 Å². The number of rotatable bonds is 7. The van der Waals surface area contributed by atoms with E-state index in [1.807, 2.05) is 6.07 Å². The van der Waals surface area contributed by atoms with E-state index in [1.165, 1.54) is 0 Å². The molecule has 0 aliphatic rings. The zero-order valence-corrected chi connectivity index (χ0v) is 10.6. The molecule has 0 bridgehead atoms. The Morgan fingerprint density at radius 2 is 2.00 bits per heavy atom. The number of nitrogens with one attached hydrogen (secondary N) is 1. The van der Waals surface area contributed by atoms with E-state index in [0.717, 1.165) is 0 Å². The van der Waals surface area contributed by atoms with Crippen molar-refractivity contribution in [2.75, 3.05) is 19.7 Å². The highest BCUT2D eigenvalue weighted by molar-refractivity contribution is 5.83. The fraction of sp³-hybridized carbons (Fsp3) is 0.417. The second-order valence-corrected chi connectivity index (χ2v) is 3.98. The van der Waals surface area contributed by atoms with E-state index in [4.69, 9.17) is 15.7 Å². The van der Waals surface area contributed by atoms with Crippen molar-refractivity contribution in [2.45, 2.75) is 6.18 Å². The molecule has 0 spiro atoms. The number of nitrogens with zero attached hydrogens (tertiary/aromatic N) is 1. The molecule has 0 aliphatic carbocycles. The lowest BCUT2D eigenvalue weighted by Crippen LogP contribution is -2.43. The van der Waals surface area contributed by atoms with Crippen molar-refractivity contribution in [2.24, 2.45) is 16.8 Å². The summed E-state index contributed by atoms with van der Waals surface area (Å²) in [6.45, 7) is -0.0531. The molecule has 8 heteroatoms. The molecule has 0 amide bonds. The Labute approximate surface area is 114 Å². The number of oxime groups is 1. The largest absolute Gasteiger partial charge is 0.492 e. The quantitative estimate of drug-likeness (QED) is 0.234. The first-order valence-electron chi connectivity index (χ1n) is 5.88. The van der Waals surface area contributed by atoms with Gasteiger partial charge < -0.3 is 21.0 Å². The van der Waals surface area contributed by atoms with Crippen LogP contribution in [-0.4, -0.2) is 36.9 Å². The summed E-state index contributed by atoms with van der Waals surface area (Å²) in [7, 11) is 0. The molecule has 0 heterocycles. The summed E-state index contributed by atoms with van der Waals surface area (Å²) in [4.78, 5) is 0. The Morgan fingerprint density at radius 3 is 2.55 bits per heavy atom. The van der Waals surface area contributed by atoms with Crippen LogP contribution in [0.1, 0.15) is 0 Å². The summed E-state index contributed by atoms with van der Waals surface area (Å²) in [5.74, 6) is -2.25. The third-order valence-corrected chi connectivity index (χ3v) is 2.51. The number of benzene rings is 1. The molecule has 0 aromatic heterocycles. The van der Waals surface area contributed by atoms with Crippen molar-refractivity contribution in [3.05, 3.63) is 30.3 Å². The molecule has 1 aromatic carbocycles. The van der Waals surface area contributed by atoms with Crippen molar-refractivity contribution in [1.29, 1.82) is 0 Å². The maximum Gasteiger partial charge on any atom is 0.400 e. The average Bonchev–Trinajstić information content (AvgIpc) is 2.41. The fourth-order valence-corrected chi connectivity index (χ4v) is 1.46. The van der Waals surface area contributed by atoms with Gasteiger partial charge in [0.05, 0.1) is 0 Å². The summed E-state index contributed by atoms with van der Waals surface area (Å²) >= 11 is 0. The number of hydrogen-bond donors (Lipinski definition) is 3. The Kier molecular flexibility index (Phi) is 6.10. The molecule has 4 N–H and O–H groups in total. The predicted molar refractivity (Wildman–Crippen MR) is 67.8 cm³/mol. The monoisotopic (exact) mass is 291 g/mol. The number of alkyl halides is 3. The van der Waals surface area contributed by atoms with Crippen LogP contribution in [0, 0.1) is 5.92 Å². The highest BCUT2D eigenvalue weighted by Crippen LogP contribution is 2.25. The molecule has 0 saturated carbocycles. The molecule has 1 aromatic rings. The molecule has 0 fully saturated rings. The molecular weight excluding hydrogens is 275 g/mol. The Hall–Kier alpha value is -1.96. The van der Waals surface area contributed by atoms with Crippen LogP contribution < -0.4 is 15.8 Å². The molecule has 1 rings (SSSR count). The minimum atomic E-state index is -4.57. The van der Waals surface area contributed by atoms with Gasteiger partial charge in [-0.05, 0) is 12.1 Å². The molecule has 0 saturated heterocycles. The summed E-state index contributed by atoms with van der Waals surface area (Å²) in [5.41, 5.74) is 5.02. The lowest BCUT2D eigenvalue weighted by Gasteiger charge is -2.19. The topological polar surface area (TPSA) is 79.9 Å². The maximum absolute atomic E-state index is 12.6. The van der Waals surface area contributed by atoms with Crippen LogP contribution in [0.15, 0.2) is 35.5 Å². The lowest BCUT2D eigenvalue weighted by molar-refractivity contribution is -0.154. The van der Waals surface area contributed by atoms with Crippen molar-refractivity contribution in [1.82, 2.24) is 5.32 Å². The number of ether oxygens (including phenoxy) is 1. The second kappa shape index (κ2) is 7.59. The van der Waals surface area contributed by atoms with Crippen molar-refractivity contribution >= 4 is 5.84 Å². The van der Waals surface area contributed by atoms with Crippen LogP contribution in [0.25, 0.3) is 0 Å². The average molecular weight is 291 g/mol. The van der Waals surface area contributed by atoms with Gasteiger partial charge in [-0.25, -0.2) is 0 Å². The lowest BCUT2D eigenvalue weighted by atomic mass is 10.1. The fourth-order valence-electron chi connectivity index (χ4n) is 1.46. The summed E-state index contributed by atoms with van der Waals surface area (Å²) in [5, 5.41) is 13.3. The third-order valence-electron chi connectivity index (χ3n) is 2.51. The number of para-hydroxylation sites is 1. The first-order chi connectivity index (χ1) is 9.45. The third kappa shape index (κ3) is 5.35. The SMILES string of the molecule is N/C(=N/O)C(CNCCOc1ccccc1)C(F)(F)F. The van der Waals surface area contributed by atoms with E-state index >= 15 is 0 Å². The molecule has 20 heavy (non-hydrogen) atoms. The zero-order valence-electron chi connectivity index (χ0n) is 10.6. The van der Waals surface area contributed by atoms with Gasteiger partial charge in [0.2, 0.25) is 0 Å². The smallest absolute Gasteiger partial charge is 0.400 e. The molecule has 1 unspecified atom stereocenters. The molecule has 112 valence electrons. The van der Waals surface area contributed by atoms with Crippen molar-refractivity contribution < 1.29 is 23.1 Å². The van der Waals surface area contributed by atoms with E-state index in [9.17, 15) is 13.2 Å². The van der Waals surface area contributed by atoms with Crippen LogP contribution in [-0.2, 0) is 0 Å². The first-order valence-corrected chi connectivity index (χ1v) is 5.88. The normalized spacial score (nSPS) is 14.1. The summed E-state index contributed by atoms with van der Waals surface area (Å²) in [6, 6.07) is 8.90. The second-order valence-electron chi connectivity index (χ2n) is 3.98. The van der Waals surface area contributed by atoms with E-state index in [0.29, 0.717) is 5.75 Å². The van der Waals surface area contributed by atoms with Gasteiger partial charge in [0, 0.05) is 13.1 Å². The summed E-state index contributed by atoms with van der Waals surface area (Å²) in [6.07, 6.45) is -4.57. The number of amidine groups is 1. The van der Waals surface area contributed by atoms with Gasteiger partial charge in [0.1, 0.15) is 18.3 Å². The highest BCUT2D eigenvalue weighted by Gasteiger charge is 2.42. The van der Waals surface area contributed by atoms with Crippen LogP contribution in [0.2, 0.25) is 0 Å². The van der Waals surface area contributed by atoms with Crippen LogP contribution >= 0.6 is 0 Å². The van der Waals surface area contributed by atoms with Gasteiger partial charge in [-0.2, -0.15) is 13.2 Å². The zero-order chi connectivity index (χ0) is 15.0. The maximum atomic E-state index is 12.6. The minimum Gasteiger partial charge on any atom is -0.492 e. The number of nitrogens with two attached hydrogens (primary N) is 1. The van der Waals surface area contributed by atoms with Gasteiger partial charge >= 0.3 is 6.18 Å². The minimum absolute atomic E-state index is 0.209. The molecule has 0 radical (unpaired) electrons. The van der Waals surface area contributed by atoms with E-state index in [-0.39, 0.29) is 13.2 Å². The highest BCUT2D eigenvalue weighted by atomic mass is 19.4. The summed E-state index contributed by atoms with van der Waals surface area (Å²) < 4.78 is 43.1. The van der Waals surface area contributed by atoms with Gasteiger partial charge in [0.15, 0.2) is 5.84 Å². The van der Waals surface area contributed by atoms with E-state index < -0.39 is 24.5 Å². The first kappa shape index (κ1) is 16.1. The van der Waals surface area contributed by atoms with E-state index in [2.05, 4.69) is 10.5 Å². The Morgan fingerprint density at radius 1 is 1.35 bits per heavy atom. The van der Waals surface area contributed by atoms with Gasteiger partial charge in [-0.15, -0.1) is 0 Å². The van der Waals surface area contributed by atoms with Crippen LogP contribution in [0.3, 0.4) is 0 Å².